The molecule has 2 fully saturated rings. The number of fused-ring (bicyclic) bond motifs is 1. The van der Waals surface area contributed by atoms with Crippen LogP contribution in [0.4, 0.5) is 0 Å². The van der Waals surface area contributed by atoms with Gasteiger partial charge in [0.2, 0.25) is 4.96 Å². The summed E-state index contributed by atoms with van der Waals surface area (Å²) in [6.07, 6.45) is 4.62. The van der Waals surface area contributed by atoms with Crippen LogP contribution in [0, 0.1) is 5.92 Å². The SMILES string of the molecule is C1CC(Cc2nn3c(C4CCOC4)nnc3s2)CCN1. The van der Waals surface area contributed by atoms with Gasteiger partial charge >= 0.3 is 0 Å². The predicted molar refractivity (Wildman–Crippen MR) is 76.1 cm³/mol. The lowest BCUT2D eigenvalue weighted by Crippen LogP contribution is -2.28. The fourth-order valence-electron chi connectivity index (χ4n) is 3.08. The Kier molecular flexibility index (Phi) is 3.41. The zero-order chi connectivity index (χ0) is 13.4. The minimum Gasteiger partial charge on any atom is -0.381 e. The smallest absolute Gasteiger partial charge is 0.234 e. The van der Waals surface area contributed by atoms with Gasteiger partial charge in [-0.05, 0) is 38.3 Å². The van der Waals surface area contributed by atoms with Crippen molar-refractivity contribution in [2.75, 3.05) is 26.3 Å². The zero-order valence-electron chi connectivity index (χ0n) is 11.4. The minimum absolute atomic E-state index is 0.360. The van der Waals surface area contributed by atoms with Crippen LogP contribution in [0.25, 0.3) is 4.96 Å². The molecule has 2 aromatic heterocycles. The molecule has 0 bridgehead atoms. The number of rotatable bonds is 3. The Balaban J connectivity index is 1.55. The largest absolute Gasteiger partial charge is 0.381 e. The summed E-state index contributed by atoms with van der Waals surface area (Å²) in [5, 5.41) is 17.9. The van der Waals surface area contributed by atoms with E-state index in [-0.39, 0.29) is 0 Å². The third-order valence-electron chi connectivity index (χ3n) is 4.27. The van der Waals surface area contributed by atoms with Crippen LogP contribution in [0.2, 0.25) is 0 Å². The third-order valence-corrected chi connectivity index (χ3v) is 5.19. The summed E-state index contributed by atoms with van der Waals surface area (Å²) in [7, 11) is 0. The van der Waals surface area contributed by atoms with Crippen LogP contribution in [0.5, 0.6) is 0 Å². The number of piperidine rings is 1. The van der Waals surface area contributed by atoms with Crippen molar-refractivity contribution in [3.63, 3.8) is 0 Å². The first-order chi connectivity index (χ1) is 9.90. The molecule has 0 radical (unpaired) electrons. The fraction of sp³-hybridized carbons (Fsp3) is 0.769. The van der Waals surface area contributed by atoms with Gasteiger partial charge in [-0.2, -0.15) is 9.61 Å². The van der Waals surface area contributed by atoms with E-state index in [1.165, 1.54) is 17.8 Å². The second kappa shape index (κ2) is 5.38. The Bertz CT molecular complexity index is 583. The zero-order valence-corrected chi connectivity index (χ0v) is 12.2. The summed E-state index contributed by atoms with van der Waals surface area (Å²) in [5.74, 6) is 2.10. The average molecular weight is 293 g/mol. The van der Waals surface area contributed by atoms with Gasteiger partial charge < -0.3 is 10.1 Å². The molecule has 0 aliphatic carbocycles. The highest BCUT2D eigenvalue weighted by Crippen LogP contribution is 2.27. The van der Waals surface area contributed by atoms with Crippen molar-refractivity contribution in [3.05, 3.63) is 10.8 Å². The standard InChI is InChI=1S/C13H19N5OS/c1-4-14-5-2-9(1)7-11-17-18-12(10-3-6-19-8-10)15-16-13(18)20-11/h9-10,14H,1-8H2. The first-order valence-corrected chi connectivity index (χ1v) is 8.21. The lowest BCUT2D eigenvalue weighted by Gasteiger charge is -2.21. The van der Waals surface area contributed by atoms with Gasteiger partial charge in [-0.25, -0.2) is 0 Å². The average Bonchev–Trinajstić information content (AvgIpc) is 3.15. The molecule has 7 heteroatoms. The van der Waals surface area contributed by atoms with Crippen molar-refractivity contribution in [1.82, 2.24) is 25.1 Å². The molecule has 1 unspecified atom stereocenters. The number of nitrogens with zero attached hydrogens (tertiary/aromatic N) is 4. The molecule has 1 atom stereocenters. The summed E-state index contributed by atoms with van der Waals surface area (Å²) < 4.78 is 7.39. The Morgan fingerprint density at radius 2 is 2.15 bits per heavy atom. The van der Waals surface area contributed by atoms with Crippen LogP contribution >= 0.6 is 11.3 Å². The molecule has 2 saturated heterocycles. The van der Waals surface area contributed by atoms with E-state index in [0.29, 0.717) is 5.92 Å². The quantitative estimate of drug-likeness (QED) is 0.922. The van der Waals surface area contributed by atoms with Crippen molar-refractivity contribution in [2.45, 2.75) is 31.6 Å². The molecular formula is C13H19N5OS. The van der Waals surface area contributed by atoms with E-state index in [0.717, 1.165) is 55.8 Å². The van der Waals surface area contributed by atoms with Crippen molar-refractivity contribution in [2.24, 2.45) is 5.92 Å². The molecule has 4 heterocycles. The third kappa shape index (κ3) is 2.34. The second-order valence-corrected chi connectivity index (χ2v) is 6.75. The van der Waals surface area contributed by atoms with Gasteiger partial charge in [0.1, 0.15) is 5.01 Å². The highest BCUT2D eigenvalue weighted by Gasteiger charge is 2.25. The number of ether oxygens (including phenoxy) is 1. The molecule has 1 N–H and O–H groups in total. The van der Waals surface area contributed by atoms with Crippen LogP contribution in [0.3, 0.4) is 0 Å². The van der Waals surface area contributed by atoms with E-state index in [2.05, 4.69) is 15.5 Å². The molecule has 6 nitrogen and oxygen atoms in total. The van der Waals surface area contributed by atoms with E-state index in [1.807, 2.05) is 4.52 Å². The Morgan fingerprint density at radius 1 is 1.25 bits per heavy atom. The van der Waals surface area contributed by atoms with Gasteiger partial charge in [0.15, 0.2) is 5.82 Å². The van der Waals surface area contributed by atoms with Crippen molar-refractivity contribution in [3.8, 4) is 0 Å². The van der Waals surface area contributed by atoms with Crippen LogP contribution in [0.15, 0.2) is 0 Å². The first kappa shape index (κ1) is 12.7. The number of aromatic nitrogens is 4. The Morgan fingerprint density at radius 3 is 2.95 bits per heavy atom. The van der Waals surface area contributed by atoms with Gasteiger partial charge in [-0.1, -0.05) is 11.3 Å². The lowest BCUT2D eigenvalue weighted by molar-refractivity contribution is 0.193. The first-order valence-electron chi connectivity index (χ1n) is 7.39. The highest BCUT2D eigenvalue weighted by atomic mass is 32.1. The van der Waals surface area contributed by atoms with Crippen molar-refractivity contribution < 1.29 is 4.74 Å². The molecule has 2 aliphatic rings. The highest BCUT2D eigenvalue weighted by molar-refractivity contribution is 7.16. The monoisotopic (exact) mass is 293 g/mol. The Hall–Kier alpha value is -1.05. The van der Waals surface area contributed by atoms with Crippen LogP contribution in [-0.2, 0) is 11.2 Å². The van der Waals surface area contributed by atoms with Crippen LogP contribution in [0.1, 0.15) is 36.0 Å². The molecule has 20 heavy (non-hydrogen) atoms. The molecule has 4 rings (SSSR count). The van der Waals surface area contributed by atoms with Crippen molar-refractivity contribution in [1.29, 1.82) is 0 Å². The van der Waals surface area contributed by atoms with Gasteiger partial charge in [-0.15, -0.1) is 10.2 Å². The number of hydrogen-bond acceptors (Lipinski definition) is 6. The molecule has 2 aliphatic heterocycles. The summed E-state index contributed by atoms with van der Waals surface area (Å²) in [6.45, 7) is 3.85. The van der Waals surface area contributed by atoms with Crippen LogP contribution in [-0.4, -0.2) is 46.1 Å². The number of hydrogen-bond donors (Lipinski definition) is 1. The fourth-order valence-corrected chi connectivity index (χ4v) is 4.03. The summed E-state index contributed by atoms with van der Waals surface area (Å²) in [5.41, 5.74) is 0. The summed E-state index contributed by atoms with van der Waals surface area (Å²) in [4.78, 5) is 0.927. The van der Waals surface area contributed by atoms with E-state index < -0.39 is 0 Å². The minimum atomic E-state index is 0.360. The maximum Gasteiger partial charge on any atom is 0.234 e. The molecule has 0 aromatic carbocycles. The van der Waals surface area contributed by atoms with Gasteiger partial charge in [-0.3, -0.25) is 0 Å². The van der Waals surface area contributed by atoms with Gasteiger partial charge in [0.05, 0.1) is 6.61 Å². The molecule has 2 aromatic rings. The maximum atomic E-state index is 5.45. The normalized spacial score (nSPS) is 24.7. The predicted octanol–water partition coefficient (Wildman–Crippen LogP) is 1.23. The lowest BCUT2D eigenvalue weighted by atomic mass is 9.95. The van der Waals surface area contributed by atoms with Crippen LogP contribution < -0.4 is 5.32 Å². The van der Waals surface area contributed by atoms with Gasteiger partial charge in [0, 0.05) is 18.9 Å². The van der Waals surface area contributed by atoms with E-state index in [9.17, 15) is 0 Å². The Labute approximate surface area is 121 Å². The second-order valence-electron chi connectivity index (χ2n) is 5.71. The molecule has 0 saturated carbocycles. The van der Waals surface area contributed by atoms with E-state index >= 15 is 0 Å². The maximum absolute atomic E-state index is 5.45. The van der Waals surface area contributed by atoms with E-state index in [4.69, 9.17) is 9.84 Å². The van der Waals surface area contributed by atoms with E-state index in [1.54, 1.807) is 11.3 Å². The summed E-state index contributed by atoms with van der Waals surface area (Å²) in [6, 6.07) is 0. The number of nitrogens with one attached hydrogen (secondary N) is 1. The molecular weight excluding hydrogens is 274 g/mol. The molecule has 0 spiro atoms. The molecule has 0 amide bonds. The topological polar surface area (TPSA) is 64.3 Å². The van der Waals surface area contributed by atoms with Gasteiger partial charge in [0.25, 0.3) is 0 Å². The van der Waals surface area contributed by atoms with Crippen molar-refractivity contribution >= 4 is 16.3 Å². The molecule has 108 valence electrons. The summed E-state index contributed by atoms with van der Waals surface area (Å²) >= 11 is 1.69.